The van der Waals surface area contributed by atoms with Crippen molar-refractivity contribution < 1.29 is 13.2 Å². The molecule has 0 unspecified atom stereocenters. The number of benzene rings is 2. The van der Waals surface area contributed by atoms with E-state index in [-0.39, 0.29) is 30.4 Å². The predicted molar refractivity (Wildman–Crippen MR) is 108 cm³/mol. The SMILES string of the molecule is CN(C)c1cccc2c(S(=O)(=O)NCCNC(=O)CNCCN)cccc12. The highest BCUT2D eigenvalue weighted by Crippen LogP contribution is 2.29. The van der Waals surface area contributed by atoms with Crippen LogP contribution in [0.3, 0.4) is 0 Å². The van der Waals surface area contributed by atoms with Crippen LogP contribution in [-0.4, -0.2) is 61.1 Å². The zero-order valence-corrected chi connectivity index (χ0v) is 16.5. The number of hydrogen-bond donors (Lipinski definition) is 4. The van der Waals surface area contributed by atoms with Crippen LogP contribution in [0, 0.1) is 0 Å². The van der Waals surface area contributed by atoms with Crippen LogP contribution < -0.4 is 26.0 Å². The van der Waals surface area contributed by atoms with Crippen molar-refractivity contribution in [3.63, 3.8) is 0 Å². The third-order valence-corrected chi connectivity index (χ3v) is 5.50. The molecule has 8 nitrogen and oxygen atoms in total. The Kier molecular flexibility index (Phi) is 7.55. The zero-order valence-electron chi connectivity index (χ0n) is 15.7. The van der Waals surface area contributed by atoms with Crippen LogP contribution in [0.5, 0.6) is 0 Å². The highest BCUT2D eigenvalue weighted by Gasteiger charge is 2.18. The number of sulfonamides is 1. The fourth-order valence-electron chi connectivity index (χ4n) is 2.72. The molecule has 9 heteroatoms. The summed E-state index contributed by atoms with van der Waals surface area (Å²) >= 11 is 0. The summed E-state index contributed by atoms with van der Waals surface area (Å²) in [7, 11) is 0.132. The molecule has 0 saturated carbocycles. The first-order chi connectivity index (χ1) is 12.9. The van der Waals surface area contributed by atoms with Gasteiger partial charge in [-0.1, -0.05) is 24.3 Å². The molecule has 0 aliphatic rings. The molecule has 2 aromatic carbocycles. The summed E-state index contributed by atoms with van der Waals surface area (Å²) in [5.41, 5.74) is 6.28. The summed E-state index contributed by atoms with van der Waals surface area (Å²) in [4.78, 5) is 13.8. The van der Waals surface area contributed by atoms with Gasteiger partial charge in [0.2, 0.25) is 15.9 Å². The molecule has 0 radical (unpaired) electrons. The van der Waals surface area contributed by atoms with Crippen LogP contribution in [0.1, 0.15) is 0 Å². The molecule has 27 heavy (non-hydrogen) atoms. The van der Waals surface area contributed by atoms with E-state index in [9.17, 15) is 13.2 Å². The van der Waals surface area contributed by atoms with E-state index in [1.165, 1.54) is 0 Å². The molecule has 0 bridgehead atoms. The minimum absolute atomic E-state index is 0.106. The van der Waals surface area contributed by atoms with Crippen LogP contribution in [0.25, 0.3) is 10.8 Å². The molecule has 0 saturated heterocycles. The zero-order chi connectivity index (χ0) is 19.9. The van der Waals surface area contributed by atoms with Crippen molar-refractivity contribution in [1.82, 2.24) is 15.4 Å². The third kappa shape index (κ3) is 5.64. The second-order valence-electron chi connectivity index (χ2n) is 6.24. The Hall–Kier alpha value is -2.20. The second kappa shape index (κ2) is 9.65. The molecule has 2 rings (SSSR count). The van der Waals surface area contributed by atoms with E-state index in [0.717, 1.165) is 11.1 Å². The highest BCUT2D eigenvalue weighted by molar-refractivity contribution is 7.89. The molecule has 0 fully saturated rings. The van der Waals surface area contributed by atoms with Crippen molar-refractivity contribution in [2.75, 3.05) is 51.7 Å². The Morgan fingerprint density at radius 1 is 1.04 bits per heavy atom. The maximum atomic E-state index is 12.7. The maximum Gasteiger partial charge on any atom is 0.241 e. The Morgan fingerprint density at radius 2 is 1.74 bits per heavy atom. The van der Waals surface area contributed by atoms with E-state index < -0.39 is 10.0 Å². The van der Waals surface area contributed by atoms with E-state index in [1.807, 2.05) is 37.2 Å². The highest BCUT2D eigenvalue weighted by atomic mass is 32.2. The van der Waals surface area contributed by atoms with E-state index >= 15 is 0 Å². The smallest absolute Gasteiger partial charge is 0.241 e. The number of nitrogens with one attached hydrogen (secondary N) is 3. The van der Waals surface area contributed by atoms with Crippen molar-refractivity contribution >= 4 is 32.4 Å². The van der Waals surface area contributed by atoms with Crippen molar-refractivity contribution in [1.29, 1.82) is 0 Å². The van der Waals surface area contributed by atoms with E-state index in [2.05, 4.69) is 15.4 Å². The van der Waals surface area contributed by atoms with Crippen molar-refractivity contribution in [2.45, 2.75) is 4.90 Å². The van der Waals surface area contributed by atoms with Gasteiger partial charge in [0.05, 0.1) is 11.4 Å². The number of fused-ring (bicyclic) bond motifs is 1. The second-order valence-corrected chi connectivity index (χ2v) is 7.97. The number of carbonyl (C=O) groups is 1. The average Bonchev–Trinajstić information content (AvgIpc) is 2.64. The number of carbonyl (C=O) groups excluding carboxylic acids is 1. The molecular formula is C18H27N5O3S. The molecule has 0 aliphatic carbocycles. The molecule has 2 aromatic rings. The fourth-order valence-corrected chi connectivity index (χ4v) is 3.97. The maximum absolute atomic E-state index is 12.7. The first-order valence-electron chi connectivity index (χ1n) is 8.73. The van der Waals surface area contributed by atoms with Gasteiger partial charge in [0.25, 0.3) is 0 Å². The van der Waals surface area contributed by atoms with Gasteiger partial charge in [-0.3, -0.25) is 4.79 Å². The summed E-state index contributed by atoms with van der Waals surface area (Å²) in [6.07, 6.45) is 0. The van der Waals surface area contributed by atoms with Crippen molar-refractivity contribution in [2.24, 2.45) is 5.73 Å². The molecule has 148 valence electrons. The predicted octanol–water partition coefficient (Wildman–Crippen LogP) is -0.151. The lowest BCUT2D eigenvalue weighted by atomic mass is 10.1. The first kappa shape index (κ1) is 21.1. The number of rotatable bonds is 10. The number of hydrogen-bond acceptors (Lipinski definition) is 6. The first-order valence-corrected chi connectivity index (χ1v) is 10.2. The van der Waals surface area contributed by atoms with Gasteiger partial charge in [-0.15, -0.1) is 0 Å². The monoisotopic (exact) mass is 393 g/mol. The lowest BCUT2D eigenvalue weighted by Gasteiger charge is -2.17. The van der Waals surface area contributed by atoms with Crippen LogP contribution in [-0.2, 0) is 14.8 Å². The molecule has 0 heterocycles. The van der Waals surface area contributed by atoms with Crippen LogP contribution in [0.15, 0.2) is 41.3 Å². The fraction of sp³-hybridized carbons (Fsp3) is 0.389. The summed E-state index contributed by atoms with van der Waals surface area (Å²) in [5, 5.41) is 7.05. The van der Waals surface area contributed by atoms with Crippen LogP contribution in [0.2, 0.25) is 0 Å². The van der Waals surface area contributed by atoms with Gasteiger partial charge in [0.15, 0.2) is 0 Å². The third-order valence-electron chi connectivity index (χ3n) is 3.98. The summed E-state index contributed by atoms with van der Waals surface area (Å²) < 4.78 is 28.0. The molecule has 1 amide bonds. The van der Waals surface area contributed by atoms with Crippen LogP contribution in [0.4, 0.5) is 5.69 Å². The number of amides is 1. The minimum atomic E-state index is -3.70. The van der Waals surface area contributed by atoms with Gasteiger partial charge in [0, 0.05) is 56.7 Å². The number of anilines is 1. The van der Waals surface area contributed by atoms with Crippen molar-refractivity contribution in [3.05, 3.63) is 36.4 Å². The van der Waals surface area contributed by atoms with Crippen molar-refractivity contribution in [3.8, 4) is 0 Å². The number of nitrogens with two attached hydrogens (primary N) is 1. The van der Waals surface area contributed by atoms with Gasteiger partial charge in [-0.05, 0) is 12.1 Å². The number of nitrogens with zero attached hydrogens (tertiary/aromatic N) is 1. The molecule has 0 aliphatic heterocycles. The Morgan fingerprint density at radius 3 is 2.44 bits per heavy atom. The normalized spacial score (nSPS) is 11.5. The van der Waals surface area contributed by atoms with Gasteiger partial charge in [0.1, 0.15) is 0 Å². The molecule has 0 aromatic heterocycles. The summed E-state index contributed by atoms with van der Waals surface area (Å²) in [6, 6.07) is 10.8. The average molecular weight is 394 g/mol. The van der Waals surface area contributed by atoms with Gasteiger partial charge in [-0.2, -0.15) is 0 Å². The van der Waals surface area contributed by atoms with Gasteiger partial charge < -0.3 is 21.3 Å². The van der Waals surface area contributed by atoms with Gasteiger partial charge in [-0.25, -0.2) is 13.1 Å². The molecular weight excluding hydrogens is 366 g/mol. The standard InChI is InChI=1S/C18H27N5O3S/c1-23(2)16-7-3-6-15-14(16)5-4-8-17(15)27(25,26)22-12-11-21-18(24)13-20-10-9-19/h3-8,20,22H,9-13,19H2,1-2H3,(H,21,24). The Labute approximate surface area is 160 Å². The van der Waals surface area contributed by atoms with E-state index in [4.69, 9.17) is 5.73 Å². The topological polar surface area (TPSA) is 117 Å². The molecule has 0 atom stereocenters. The lowest BCUT2D eigenvalue weighted by molar-refractivity contribution is -0.120. The van der Waals surface area contributed by atoms with E-state index in [1.54, 1.807) is 18.2 Å². The molecule has 5 N–H and O–H groups in total. The van der Waals surface area contributed by atoms with Crippen LogP contribution >= 0.6 is 0 Å². The Bertz CT molecular complexity index is 884. The lowest BCUT2D eigenvalue weighted by Crippen LogP contribution is -2.39. The summed E-state index contributed by atoms with van der Waals surface area (Å²) in [5.74, 6) is -0.205. The van der Waals surface area contributed by atoms with E-state index in [0.29, 0.717) is 18.5 Å². The largest absolute Gasteiger partial charge is 0.377 e. The summed E-state index contributed by atoms with van der Waals surface area (Å²) in [6.45, 7) is 1.47. The van der Waals surface area contributed by atoms with Gasteiger partial charge >= 0.3 is 0 Å². The quantitative estimate of drug-likeness (QED) is 0.417. The molecule has 0 spiro atoms. The Balaban J connectivity index is 2.05. The minimum Gasteiger partial charge on any atom is -0.377 e.